The second-order valence-corrected chi connectivity index (χ2v) is 3.84. The number of nitrogens with one attached hydrogen (secondary N) is 1. The number of amides is 1. The van der Waals surface area contributed by atoms with Gasteiger partial charge in [-0.1, -0.05) is 19.1 Å². The predicted molar refractivity (Wildman–Crippen MR) is 56.3 cm³/mol. The quantitative estimate of drug-likeness (QED) is 0.674. The fourth-order valence-corrected chi connectivity index (χ4v) is 1.70. The molecule has 1 aliphatic rings. The first-order valence-electron chi connectivity index (χ1n) is 5.32. The summed E-state index contributed by atoms with van der Waals surface area (Å²) in [4.78, 5) is 22.1. The van der Waals surface area contributed by atoms with Crippen LogP contribution in [-0.2, 0) is 9.59 Å². The second-order valence-electron chi connectivity index (χ2n) is 3.84. The molecule has 0 aromatic carbocycles. The maximum absolute atomic E-state index is 11.5. The molecule has 0 heterocycles. The fraction of sp³-hybridized carbons (Fsp3) is 0.636. The van der Waals surface area contributed by atoms with Gasteiger partial charge in [-0.3, -0.25) is 4.79 Å². The number of carbonyl (C=O) groups excluding carboxylic acids is 1. The zero-order valence-corrected chi connectivity index (χ0v) is 8.90. The normalized spacial score (nSPS) is 21.3. The Morgan fingerprint density at radius 2 is 2.33 bits per heavy atom. The molecule has 2 atom stereocenters. The van der Waals surface area contributed by atoms with E-state index in [1.165, 1.54) is 0 Å². The number of hydrogen-bond acceptors (Lipinski definition) is 2. The van der Waals surface area contributed by atoms with Gasteiger partial charge in [0.05, 0.1) is 0 Å². The number of carboxylic acid groups (broad SMARTS) is 1. The molecule has 0 aromatic heterocycles. The van der Waals surface area contributed by atoms with Crippen molar-refractivity contribution in [3.63, 3.8) is 0 Å². The molecular weight excluding hydrogens is 194 g/mol. The number of carbonyl (C=O) groups is 2. The average molecular weight is 211 g/mol. The first-order valence-corrected chi connectivity index (χ1v) is 5.32. The van der Waals surface area contributed by atoms with Crippen molar-refractivity contribution in [2.75, 3.05) is 0 Å². The number of hydrogen-bond donors (Lipinski definition) is 2. The van der Waals surface area contributed by atoms with Gasteiger partial charge < -0.3 is 10.4 Å². The van der Waals surface area contributed by atoms with Crippen molar-refractivity contribution in [3.8, 4) is 0 Å². The van der Waals surface area contributed by atoms with Crippen molar-refractivity contribution in [2.45, 2.75) is 38.6 Å². The van der Waals surface area contributed by atoms with E-state index in [4.69, 9.17) is 5.11 Å². The summed E-state index contributed by atoms with van der Waals surface area (Å²) in [6.45, 7) is 1.74. The van der Waals surface area contributed by atoms with E-state index in [1.807, 2.05) is 6.08 Å². The van der Waals surface area contributed by atoms with Gasteiger partial charge in [-0.15, -0.1) is 0 Å². The summed E-state index contributed by atoms with van der Waals surface area (Å²) in [5.74, 6) is -0.843. The van der Waals surface area contributed by atoms with E-state index in [-0.39, 0.29) is 11.8 Å². The van der Waals surface area contributed by atoms with Gasteiger partial charge in [0.2, 0.25) is 5.91 Å². The molecule has 0 radical (unpaired) electrons. The third kappa shape index (κ3) is 3.73. The molecular formula is C11H17NO3. The van der Waals surface area contributed by atoms with Gasteiger partial charge in [-0.05, 0) is 25.2 Å². The first kappa shape index (κ1) is 11.8. The van der Waals surface area contributed by atoms with Crippen LogP contribution in [0.4, 0.5) is 0 Å². The van der Waals surface area contributed by atoms with E-state index in [1.54, 1.807) is 6.92 Å². The number of carboxylic acids is 1. The van der Waals surface area contributed by atoms with Crippen LogP contribution in [0.25, 0.3) is 0 Å². The zero-order chi connectivity index (χ0) is 11.3. The highest BCUT2D eigenvalue weighted by atomic mass is 16.4. The Kier molecular flexibility index (Phi) is 4.34. The molecule has 0 saturated heterocycles. The van der Waals surface area contributed by atoms with Gasteiger partial charge >= 0.3 is 5.97 Å². The molecule has 0 aliphatic heterocycles. The van der Waals surface area contributed by atoms with Crippen molar-refractivity contribution in [1.29, 1.82) is 0 Å². The number of allylic oxidation sites excluding steroid dienone is 2. The Labute approximate surface area is 89.4 Å². The van der Waals surface area contributed by atoms with Crippen LogP contribution in [0.3, 0.4) is 0 Å². The third-order valence-corrected chi connectivity index (χ3v) is 2.60. The molecule has 1 unspecified atom stereocenters. The van der Waals surface area contributed by atoms with Crippen molar-refractivity contribution < 1.29 is 14.7 Å². The van der Waals surface area contributed by atoms with Gasteiger partial charge in [0, 0.05) is 6.42 Å². The van der Waals surface area contributed by atoms with Crippen molar-refractivity contribution in [3.05, 3.63) is 12.2 Å². The van der Waals surface area contributed by atoms with Crippen LogP contribution in [0.15, 0.2) is 12.2 Å². The minimum absolute atomic E-state index is 0.166. The lowest BCUT2D eigenvalue weighted by molar-refractivity contribution is -0.142. The minimum atomic E-state index is -0.965. The molecule has 4 heteroatoms. The van der Waals surface area contributed by atoms with E-state index >= 15 is 0 Å². The molecule has 0 fully saturated rings. The zero-order valence-electron chi connectivity index (χ0n) is 8.90. The maximum atomic E-state index is 11.5. The highest BCUT2D eigenvalue weighted by Gasteiger charge is 2.20. The Morgan fingerprint density at radius 1 is 1.60 bits per heavy atom. The molecule has 1 amide bonds. The Morgan fingerprint density at radius 3 is 2.80 bits per heavy atom. The van der Waals surface area contributed by atoms with E-state index in [2.05, 4.69) is 11.4 Å². The molecule has 0 bridgehead atoms. The summed E-state index contributed by atoms with van der Waals surface area (Å²) < 4.78 is 0. The fourth-order valence-electron chi connectivity index (χ4n) is 1.70. The standard InChI is InChI=1S/C11H17NO3/c1-2-9(11(14)15)12-10(13)7-8-5-3-4-6-8/h3,5,8-9H,2,4,6-7H2,1H3,(H,12,13)(H,14,15)/t8?,9-/m1/s1. The van der Waals surface area contributed by atoms with Crippen LogP contribution in [0, 0.1) is 5.92 Å². The summed E-state index contributed by atoms with van der Waals surface area (Å²) in [6.07, 6.45) is 6.93. The molecule has 15 heavy (non-hydrogen) atoms. The summed E-state index contributed by atoms with van der Waals surface area (Å²) in [5, 5.41) is 11.3. The van der Waals surface area contributed by atoms with Gasteiger partial charge in [0.1, 0.15) is 6.04 Å². The van der Waals surface area contributed by atoms with Crippen LogP contribution < -0.4 is 5.32 Å². The summed E-state index contributed by atoms with van der Waals surface area (Å²) >= 11 is 0. The lowest BCUT2D eigenvalue weighted by Gasteiger charge is -2.13. The van der Waals surface area contributed by atoms with E-state index in [0.717, 1.165) is 12.8 Å². The van der Waals surface area contributed by atoms with E-state index in [9.17, 15) is 9.59 Å². The summed E-state index contributed by atoms with van der Waals surface area (Å²) in [7, 11) is 0. The van der Waals surface area contributed by atoms with Crippen molar-refractivity contribution >= 4 is 11.9 Å². The van der Waals surface area contributed by atoms with E-state index in [0.29, 0.717) is 12.8 Å². The number of rotatable bonds is 5. The Hall–Kier alpha value is -1.32. The van der Waals surface area contributed by atoms with Crippen LogP contribution in [0.2, 0.25) is 0 Å². The molecule has 0 spiro atoms. The molecule has 0 aromatic rings. The van der Waals surface area contributed by atoms with Crippen LogP contribution in [-0.4, -0.2) is 23.0 Å². The molecule has 84 valence electrons. The lowest BCUT2D eigenvalue weighted by atomic mass is 10.0. The third-order valence-electron chi connectivity index (χ3n) is 2.60. The van der Waals surface area contributed by atoms with Crippen LogP contribution in [0.1, 0.15) is 32.6 Å². The number of aliphatic carboxylic acids is 1. The molecule has 0 saturated carbocycles. The summed E-state index contributed by atoms with van der Waals surface area (Å²) in [5.41, 5.74) is 0. The molecule has 1 aliphatic carbocycles. The van der Waals surface area contributed by atoms with Gasteiger partial charge in [0.15, 0.2) is 0 Å². The molecule has 1 rings (SSSR count). The Bertz CT molecular complexity index is 273. The van der Waals surface area contributed by atoms with Gasteiger partial charge in [-0.25, -0.2) is 4.79 Å². The predicted octanol–water partition coefficient (Wildman–Crippen LogP) is 1.32. The molecule has 2 N–H and O–H groups in total. The second kappa shape index (κ2) is 5.53. The smallest absolute Gasteiger partial charge is 0.326 e. The van der Waals surface area contributed by atoms with Crippen LogP contribution >= 0.6 is 0 Å². The van der Waals surface area contributed by atoms with Gasteiger partial charge in [0.25, 0.3) is 0 Å². The Balaban J connectivity index is 2.33. The minimum Gasteiger partial charge on any atom is -0.480 e. The van der Waals surface area contributed by atoms with Crippen LogP contribution in [0.5, 0.6) is 0 Å². The lowest BCUT2D eigenvalue weighted by Crippen LogP contribution is -2.40. The molecule has 4 nitrogen and oxygen atoms in total. The van der Waals surface area contributed by atoms with Crippen molar-refractivity contribution in [2.24, 2.45) is 5.92 Å². The topological polar surface area (TPSA) is 66.4 Å². The highest BCUT2D eigenvalue weighted by Crippen LogP contribution is 2.20. The maximum Gasteiger partial charge on any atom is 0.326 e. The van der Waals surface area contributed by atoms with Crippen molar-refractivity contribution in [1.82, 2.24) is 5.32 Å². The highest BCUT2D eigenvalue weighted by molar-refractivity contribution is 5.83. The average Bonchev–Trinajstić information content (AvgIpc) is 2.66. The van der Waals surface area contributed by atoms with Gasteiger partial charge in [-0.2, -0.15) is 0 Å². The first-order chi connectivity index (χ1) is 7.13. The summed E-state index contributed by atoms with van der Waals surface area (Å²) in [6, 6.07) is -0.747. The monoisotopic (exact) mass is 211 g/mol. The SMILES string of the molecule is CC[C@@H](NC(=O)CC1C=CCC1)C(=O)O. The largest absolute Gasteiger partial charge is 0.480 e. The van der Waals surface area contributed by atoms with E-state index < -0.39 is 12.0 Å².